The largest absolute Gasteiger partial charge is 0.421 e. The first-order valence-electron chi connectivity index (χ1n) is 12.5. The number of hydrogen-bond donors (Lipinski definition) is 1. The molecule has 1 N–H and O–H groups in total. The number of allylic oxidation sites excluding steroid dienone is 1. The van der Waals surface area contributed by atoms with E-state index in [1.165, 1.54) is 29.0 Å². The molecular formula is C26H29FN6O3S. The molecule has 0 atom stereocenters. The highest BCUT2D eigenvalue weighted by atomic mass is 32.2. The van der Waals surface area contributed by atoms with E-state index >= 15 is 4.39 Å². The van der Waals surface area contributed by atoms with Gasteiger partial charge in [0.25, 0.3) is 0 Å². The predicted molar refractivity (Wildman–Crippen MR) is 141 cm³/mol. The van der Waals surface area contributed by atoms with Crippen LogP contribution in [0.25, 0.3) is 6.08 Å². The van der Waals surface area contributed by atoms with Crippen LogP contribution < -0.4 is 15.0 Å². The minimum atomic E-state index is -3.26. The van der Waals surface area contributed by atoms with E-state index in [-0.39, 0.29) is 11.8 Å². The highest BCUT2D eigenvalue weighted by molar-refractivity contribution is 7.88. The van der Waals surface area contributed by atoms with Crippen LogP contribution in [-0.2, 0) is 16.4 Å². The molecule has 37 heavy (non-hydrogen) atoms. The lowest BCUT2D eigenvalue weighted by molar-refractivity contribution is 0.383. The fourth-order valence-corrected chi connectivity index (χ4v) is 5.81. The van der Waals surface area contributed by atoms with Crippen LogP contribution in [-0.4, -0.2) is 67.5 Å². The summed E-state index contributed by atoms with van der Waals surface area (Å²) in [5.41, 5.74) is 3.90. The van der Waals surface area contributed by atoms with Crippen LogP contribution in [0.5, 0.6) is 11.8 Å². The number of nitrogens with zero attached hydrogens (tertiary/aromatic N) is 5. The summed E-state index contributed by atoms with van der Waals surface area (Å²) in [4.78, 5) is 15.6. The molecular weight excluding hydrogens is 495 g/mol. The van der Waals surface area contributed by atoms with Crippen LogP contribution in [0.4, 0.5) is 16.0 Å². The van der Waals surface area contributed by atoms with Gasteiger partial charge >= 0.3 is 6.01 Å². The highest BCUT2D eigenvalue weighted by Gasteiger charge is 2.29. The minimum Gasteiger partial charge on any atom is -0.421 e. The van der Waals surface area contributed by atoms with E-state index < -0.39 is 15.8 Å². The van der Waals surface area contributed by atoms with Crippen molar-refractivity contribution in [2.45, 2.75) is 26.2 Å². The number of amidine groups is 1. The third-order valence-electron chi connectivity index (χ3n) is 7.13. The maximum absolute atomic E-state index is 15.3. The number of anilines is 2. The first-order valence-corrected chi connectivity index (χ1v) is 14.4. The Hall–Kier alpha value is -3.31. The van der Waals surface area contributed by atoms with Gasteiger partial charge in [-0.3, -0.25) is 4.99 Å². The van der Waals surface area contributed by atoms with Gasteiger partial charge in [0.2, 0.25) is 10.0 Å². The maximum Gasteiger partial charge on any atom is 0.326 e. The van der Waals surface area contributed by atoms with Gasteiger partial charge in [0, 0.05) is 37.8 Å². The van der Waals surface area contributed by atoms with Gasteiger partial charge in [0.15, 0.2) is 11.6 Å². The van der Waals surface area contributed by atoms with E-state index in [2.05, 4.69) is 26.4 Å². The SMILES string of the molecule is CC1=Cc2c(ccc(Oc3nc(NC4=NCC(C5CC5)=C4)cc(N4CCN(S(C)(=O)=O)CC4)n3)c2F)C1. The summed E-state index contributed by atoms with van der Waals surface area (Å²) in [5, 5.41) is 3.26. The van der Waals surface area contributed by atoms with Crippen LogP contribution in [0.1, 0.15) is 30.9 Å². The number of piperazine rings is 1. The summed E-state index contributed by atoms with van der Waals surface area (Å²) in [6.45, 7) is 4.30. The number of benzene rings is 1. The number of ether oxygens (including phenoxy) is 1. The molecule has 1 saturated heterocycles. The van der Waals surface area contributed by atoms with Gasteiger partial charge in [-0.1, -0.05) is 17.7 Å². The lowest BCUT2D eigenvalue weighted by Gasteiger charge is -2.34. The molecule has 1 aromatic carbocycles. The molecule has 0 spiro atoms. The van der Waals surface area contributed by atoms with E-state index in [0.29, 0.717) is 55.8 Å². The average Bonchev–Trinajstić information content (AvgIpc) is 3.49. The Kier molecular flexibility index (Phi) is 5.99. The lowest BCUT2D eigenvalue weighted by atomic mass is 10.1. The minimum absolute atomic E-state index is 0.00749. The zero-order valence-corrected chi connectivity index (χ0v) is 21.7. The van der Waals surface area contributed by atoms with Crippen molar-refractivity contribution in [1.82, 2.24) is 14.3 Å². The van der Waals surface area contributed by atoms with Gasteiger partial charge < -0.3 is 15.0 Å². The average molecular weight is 525 g/mol. The quantitative estimate of drug-likeness (QED) is 0.616. The number of aromatic nitrogens is 2. The van der Waals surface area contributed by atoms with Gasteiger partial charge in [-0.15, -0.1) is 0 Å². The molecule has 0 unspecified atom stereocenters. The van der Waals surface area contributed by atoms with E-state index in [4.69, 9.17) is 4.74 Å². The van der Waals surface area contributed by atoms with Crippen molar-refractivity contribution in [2.24, 2.45) is 10.9 Å². The molecule has 11 heteroatoms. The lowest BCUT2D eigenvalue weighted by Crippen LogP contribution is -2.48. The predicted octanol–water partition coefficient (Wildman–Crippen LogP) is 3.61. The van der Waals surface area contributed by atoms with Crippen molar-refractivity contribution in [1.29, 1.82) is 0 Å². The van der Waals surface area contributed by atoms with Crippen molar-refractivity contribution in [3.8, 4) is 11.8 Å². The van der Waals surface area contributed by atoms with Gasteiger partial charge in [0.1, 0.15) is 17.5 Å². The van der Waals surface area contributed by atoms with Crippen LogP contribution in [0, 0.1) is 11.7 Å². The zero-order valence-electron chi connectivity index (χ0n) is 20.9. The second kappa shape index (κ2) is 9.21. The monoisotopic (exact) mass is 524 g/mol. The van der Waals surface area contributed by atoms with Crippen LogP contribution in [0.2, 0.25) is 0 Å². The molecule has 1 aromatic heterocycles. The summed E-state index contributed by atoms with van der Waals surface area (Å²) in [7, 11) is -3.26. The normalized spacial score (nSPS) is 19.9. The van der Waals surface area contributed by atoms with Crippen LogP contribution in [0.15, 0.2) is 40.4 Å². The number of aliphatic imine (C=N–C) groups is 1. The van der Waals surface area contributed by atoms with Gasteiger partial charge in [-0.05, 0) is 55.4 Å². The molecule has 2 aliphatic heterocycles. The number of fused-ring (bicyclic) bond motifs is 1. The molecule has 6 rings (SSSR count). The third kappa shape index (κ3) is 5.10. The number of rotatable bonds is 6. The Morgan fingerprint density at radius 1 is 1.11 bits per heavy atom. The topological polar surface area (TPSA) is 100 Å². The second-order valence-electron chi connectivity index (χ2n) is 10.1. The summed E-state index contributed by atoms with van der Waals surface area (Å²) < 4.78 is 46.5. The van der Waals surface area contributed by atoms with Gasteiger partial charge in [0.05, 0.1) is 12.8 Å². The highest BCUT2D eigenvalue weighted by Crippen LogP contribution is 2.38. The Bertz CT molecular complexity index is 1460. The van der Waals surface area contributed by atoms with E-state index in [0.717, 1.165) is 23.4 Å². The molecule has 0 amide bonds. The number of hydrogen-bond acceptors (Lipinski definition) is 8. The molecule has 194 valence electrons. The number of nitrogens with one attached hydrogen (secondary N) is 1. The Morgan fingerprint density at radius 2 is 1.89 bits per heavy atom. The summed E-state index contributed by atoms with van der Waals surface area (Å²) in [6.07, 6.45) is 8.28. The second-order valence-corrected chi connectivity index (χ2v) is 12.1. The molecule has 2 aromatic rings. The maximum atomic E-state index is 15.3. The first kappa shape index (κ1) is 24.1. The molecule has 2 fully saturated rings. The van der Waals surface area contributed by atoms with Crippen molar-refractivity contribution < 1.29 is 17.5 Å². The molecule has 1 saturated carbocycles. The molecule has 9 nitrogen and oxygen atoms in total. The van der Waals surface area contributed by atoms with E-state index in [1.54, 1.807) is 12.1 Å². The summed E-state index contributed by atoms with van der Waals surface area (Å²) in [6, 6.07) is 5.28. The smallest absolute Gasteiger partial charge is 0.326 e. The molecule has 0 bridgehead atoms. The third-order valence-corrected chi connectivity index (χ3v) is 8.43. The van der Waals surface area contributed by atoms with Crippen molar-refractivity contribution in [2.75, 3.05) is 49.2 Å². The Morgan fingerprint density at radius 3 is 2.62 bits per heavy atom. The fourth-order valence-electron chi connectivity index (χ4n) is 4.98. The standard InChI is InChI=1S/C26H29FN6O3S/c1-16-11-18-5-6-21(25(27)20(18)12-16)36-26-30-23(29-22-13-19(15-28-22)17-3-4-17)14-24(31-26)32-7-9-33(10-8-32)37(2,34)35/h5-6,12-14,17H,3-4,7-11,15H2,1-2H3,(H,28,29,30,31). The Balaban J connectivity index is 1.29. The molecule has 2 aliphatic carbocycles. The first-order chi connectivity index (χ1) is 17.7. The van der Waals surface area contributed by atoms with Crippen molar-refractivity contribution in [3.63, 3.8) is 0 Å². The van der Waals surface area contributed by atoms with Crippen LogP contribution >= 0.6 is 0 Å². The van der Waals surface area contributed by atoms with Crippen LogP contribution in [0.3, 0.4) is 0 Å². The van der Waals surface area contributed by atoms with Gasteiger partial charge in [-0.2, -0.15) is 14.3 Å². The van der Waals surface area contributed by atoms with E-state index in [9.17, 15) is 8.42 Å². The molecule has 0 radical (unpaired) electrons. The molecule has 4 aliphatic rings. The zero-order chi connectivity index (χ0) is 25.7. The number of sulfonamides is 1. The van der Waals surface area contributed by atoms with Crippen molar-refractivity contribution >= 4 is 33.6 Å². The summed E-state index contributed by atoms with van der Waals surface area (Å²) in [5.74, 6) is 2.04. The summed E-state index contributed by atoms with van der Waals surface area (Å²) >= 11 is 0. The van der Waals surface area contributed by atoms with Gasteiger partial charge in [-0.25, -0.2) is 12.8 Å². The Labute approximate surface area is 215 Å². The fraction of sp³-hybridized carbons (Fsp3) is 0.423. The van der Waals surface area contributed by atoms with Crippen molar-refractivity contribution in [3.05, 3.63) is 52.4 Å². The molecule has 3 heterocycles. The van der Waals surface area contributed by atoms with E-state index in [1.807, 2.05) is 24.0 Å². The number of halogens is 1.